The predicted octanol–water partition coefficient (Wildman–Crippen LogP) is 1.76. The lowest BCUT2D eigenvalue weighted by Crippen LogP contribution is -2.37. The van der Waals surface area contributed by atoms with Crippen molar-refractivity contribution in [3.63, 3.8) is 0 Å². The largest absolute Gasteiger partial charge is 0.355 e. The zero-order valence-electron chi connectivity index (χ0n) is 12.1. The highest BCUT2D eigenvalue weighted by Crippen LogP contribution is 2.26. The Balaban J connectivity index is 1.58. The number of benzene rings is 1. The monoisotopic (exact) mass is 294 g/mol. The van der Waals surface area contributed by atoms with Crippen LogP contribution in [0.1, 0.15) is 18.9 Å². The molecule has 1 aliphatic rings. The van der Waals surface area contributed by atoms with E-state index in [0.29, 0.717) is 0 Å². The van der Waals surface area contributed by atoms with Gasteiger partial charge in [0.15, 0.2) is 5.82 Å². The summed E-state index contributed by atoms with van der Waals surface area (Å²) in [7, 11) is 0. The Morgan fingerprint density at radius 1 is 1.18 bits per heavy atom. The minimum Gasteiger partial charge on any atom is -0.355 e. The van der Waals surface area contributed by atoms with Gasteiger partial charge in [0, 0.05) is 19.1 Å². The molecule has 1 N–H and O–H groups in total. The van der Waals surface area contributed by atoms with Crippen LogP contribution >= 0.6 is 0 Å². The normalized spacial score (nSPS) is 16.3. The first-order chi connectivity index (χ1) is 10.8. The van der Waals surface area contributed by atoms with E-state index in [1.807, 2.05) is 34.9 Å². The van der Waals surface area contributed by atoms with Crippen LogP contribution in [0.15, 0.2) is 41.2 Å². The van der Waals surface area contributed by atoms with E-state index in [1.54, 1.807) is 6.07 Å². The minimum atomic E-state index is -0.0197. The molecular formula is C16H16N5O. The van der Waals surface area contributed by atoms with Gasteiger partial charge in [0.25, 0.3) is 0 Å². The van der Waals surface area contributed by atoms with Crippen molar-refractivity contribution in [2.75, 3.05) is 18.0 Å². The van der Waals surface area contributed by atoms with Gasteiger partial charge in [0.2, 0.25) is 0 Å². The molecule has 3 aromatic rings. The lowest BCUT2D eigenvalue weighted by Gasteiger charge is -2.32. The first kappa shape index (κ1) is 13.1. The number of rotatable bonds is 2. The Hall–Kier alpha value is -2.63. The van der Waals surface area contributed by atoms with Crippen LogP contribution in [0.4, 0.5) is 5.82 Å². The van der Waals surface area contributed by atoms with Gasteiger partial charge in [-0.25, -0.2) is 4.79 Å². The maximum absolute atomic E-state index is 12.3. The van der Waals surface area contributed by atoms with Gasteiger partial charge in [0.1, 0.15) is 6.20 Å². The van der Waals surface area contributed by atoms with Crippen LogP contribution in [0.25, 0.3) is 11.0 Å². The lowest BCUT2D eigenvalue weighted by molar-refractivity contribution is 0.395. The summed E-state index contributed by atoms with van der Waals surface area (Å²) in [6.07, 6.45) is 4.53. The molecule has 4 rings (SSSR count). The van der Waals surface area contributed by atoms with E-state index in [4.69, 9.17) is 0 Å². The molecular weight excluding hydrogens is 278 g/mol. The number of para-hydroxylation sites is 2. The number of anilines is 1. The highest BCUT2D eigenvalue weighted by atomic mass is 16.1. The van der Waals surface area contributed by atoms with Crippen molar-refractivity contribution in [2.24, 2.45) is 0 Å². The van der Waals surface area contributed by atoms with Gasteiger partial charge in [-0.3, -0.25) is 4.57 Å². The van der Waals surface area contributed by atoms with Crippen LogP contribution in [-0.4, -0.2) is 32.8 Å². The first-order valence-corrected chi connectivity index (χ1v) is 7.47. The number of fused-ring (bicyclic) bond motifs is 1. The summed E-state index contributed by atoms with van der Waals surface area (Å²) in [5.74, 6) is 0.878. The summed E-state index contributed by atoms with van der Waals surface area (Å²) in [6.45, 7) is 1.74. The minimum absolute atomic E-state index is 0.0197. The van der Waals surface area contributed by atoms with Gasteiger partial charge in [-0.1, -0.05) is 12.1 Å². The topological polar surface area (TPSA) is 66.8 Å². The van der Waals surface area contributed by atoms with Crippen LogP contribution in [0, 0.1) is 6.20 Å². The summed E-state index contributed by atoms with van der Waals surface area (Å²) in [5, 5.41) is 7.91. The molecule has 6 heteroatoms. The van der Waals surface area contributed by atoms with Crippen LogP contribution < -0.4 is 10.6 Å². The Morgan fingerprint density at radius 3 is 2.77 bits per heavy atom. The highest BCUT2D eigenvalue weighted by Gasteiger charge is 2.24. The van der Waals surface area contributed by atoms with Gasteiger partial charge in [0.05, 0.1) is 11.0 Å². The van der Waals surface area contributed by atoms with E-state index in [9.17, 15) is 4.79 Å². The molecule has 0 aliphatic carbocycles. The molecule has 6 nitrogen and oxygen atoms in total. The predicted molar refractivity (Wildman–Crippen MR) is 83.9 cm³/mol. The number of hydrogen-bond acceptors (Lipinski definition) is 4. The smallest absolute Gasteiger partial charge is 0.326 e. The maximum Gasteiger partial charge on any atom is 0.326 e. The number of nitrogens with one attached hydrogen (secondary N) is 1. The number of nitrogens with zero attached hydrogens (tertiary/aromatic N) is 4. The molecule has 3 heterocycles. The lowest BCUT2D eigenvalue weighted by atomic mass is 10.0. The maximum atomic E-state index is 12.3. The fourth-order valence-electron chi connectivity index (χ4n) is 3.22. The van der Waals surface area contributed by atoms with Crippen molar-refractivity contribution >= 4 is 16.9 Å². The summed E-state index contributed by atoms with van der Waals surface area (Å²) >= 11 is 0. The molecule has 1 radical (unpaired) electrons. The molecule has 0 amide bonds. The van der Waals surface area contributed by atoms with E-state index >= 15 is 0 Å². The van der Waals surface area contributed by atoms with Gasteiger partial charge >= 0.3 is 5.69 Å². The Labute approximate surface area is 127 Å². The van der Waals surface area contributed by atoms with Gasteiger partial charge in [-0.05, 0) is 37.1 Å². The number of imidazole rings is 1. The molecule has 1 aromatic carbocycles. The van der Waals surface area contributed by atoms with Crippen molar-refractivity contribution in [3.8, 4) is 0 Å². The zero-order valence-corrected chi connectivity index (χ0v) is 12.1. The molecule has 2 aromatic heterocycles. The van der Waals surface area contributed by atoms with Crippen LogP contribution in [0.3, 0.4) is 0 Å². The molecule has 0 unspecified atom stereocenters. The summed E-state index contributed by atoms with van der Waals surface area (Å²) in [5.41, 5.74) is 1.87. The van der Waals surface area contributed by atoms with Crippen LogP contribution in [-0.2, 0) is 0 Å². The zero-order chi connectivity index (χ0) is 14.9. The van der Waals surface area contributed by atoms with E-state index in [0.717, 1.165) is 42.8 Å². The van der Waals surface area contributed by atoms with Gasteiger partial charge in [-0.15, -0.1) is 10.2 Å². The second-order valence-electron chi connectivity index (χ2n) is 5.56. The highest BCUT2D eigenvalue weighted by molar-refractivity contribution is 5.75. The number of aromatic nitrogens is 4. The first-order valence-electron chi connectivity index (χ1n) is 7.47. The molecule has 0 bridgehead atoms. The number of hydrogen-bond donors (Lipinski definition) is 1. The Kier molecular flexibility index (Phi) is 3.14. The van der Waals surface area contributed by atoms with E-state index in [-0.39, 0.29) is 11.7 Å². The fourth-order valence-corrected chi connectivity index (χ4v) is 3.22. The van der Waals surface area contributed by atoms with Crippen molar-refractivity contribution in [1.82, 2.24) is 19.7 Å². The van der Waals surface area contributed by atoms with Crippen molar-refractivity contribution in [3.05, 3.63) is 53.1 Å². The second kappa shape index (κ2) is 5.29. The number of piperidine rings is 1. The molecule has 0 spiro atoms. The molecule has 0 saturated carbocycles. The van der Waals surface area contributed by atoms with Crippen LogP contribution in [0.5, 0.6) is 0 Å². The molecule has 111 valence electrons. The van der Waals surface area contributed by atoms with E-state index < -0.39 is 0 Å². The van der Waals surface area contributed by atoms with Crippen molar-refractivity contribution in [2.45, 2.75) is 18.9 Å². The average Bonchev–Trinajstić information content (AvgIpc) is 2.91. The summed E-state index contributed by atoms with van der Waals surface area (Å²) in [6, 6.07) is 11.8. The molecule has 1 fully saturated rings. The fraction of sp³-hybridized carbons (Fsp3) is 0.312. The van der Waals surface area contributed by atoms with Crippen molar-refractivity contribution in [1.29, 1.82) is 0 Å². The number of H-pyrrole nitrogens is 1. The third-order valence-electron chi connectivity index (χ3n) is 4.29. The van der Waals surface area contributed by atoms with Crippen molar-refractivity contribution < 1.29 is 0 Å². The second-order valence-corrected chi connectivity index (χ2v) is 5.56. The molecule has 1 saturated heterocycles. The molecule has 1 aliphatic heterocycles. The quantitative estimate of drug-likeness (QED) is 0.782. The third-order valence-corrected chi connectivity index (χ3v) is 4.29. The molecule has 22 heavy (non-hydrogen) atoms. The van der Waals surface area contributed by atoms with E-state index in [1.165, 1.54) is 0 Å². The third kappa shape index (κ3) is 2.16. The average molecular weight is 294 g/mol. The number of aromatic amines is 1. The summed E-state index contributed by atoms with van der Waals surface area (Å²) in [4.78, 5) is 17.4. The van der Waals surface area contributed by atoms with Gasteiger partial charge in [-0.2, -0.15) is 0 Å². The standard InChI is InChI=1S/C16H16N5O/c22-16-18-13-4-1-2-5-14(13)21(16)12-7-10-20(11-8-12)15-6-3-9-17-19-15/h1-6,12H,7-8,10-11H2,(H,18,22). The van der Waals surface area contributed by atoms with Crippen LogP contribution in [0.2, 0.25) is 0 Å². The Bertz CT molecular complexity index is 830. The Morgan fingerprint density at radius 2 is 2.00 bits per heavy atom. The van der Waals surface area contributed by atoms with Gasteiger partial charge < -0.3 is 9.88 Å². The SMILES string of the molecule is O=c1[nH]c2ccccc2n1C1CCN(c2cc[c]nn2)CC1. The summed E-state index contributed by atoms with van der Waals surface area (Å²) < 4.78 is 1.90. The molecule has 0 atom stereocenters. The van der Waals surface area contributed by atoms with E-state index in [2.05, 4.69) is 26.3 Å².